The molecule has 0 unspecified atom stereocenters. The maximum Gasteiger partial charge on any atom is 0.132 e. The number of pyridine rings is 1. The van der Waals surface area contributed by atoms with Gasteiger partial charge in [0.25, 0.3) is 0 Å². The van der Waals surface area contributed by atoms with Gasteiger partial charge in [0.15, 0.2) is 0 Å². The first-order chi connectivity index (χ1) is 8.77. The van der Waals surface area contributed by atoms with E-state index in [9.17, 15) is 4.39 Å². The Balaban J connectivity index is 2.39. The van der Waals surface area contributed by atoms with E-state index < -0.39 is 0 Å². The van der Waals surface area contributed by atoms with E-state index in [-0.39, 0.29) is 5.82 Å². The summed E-state index contributed by atoms with van der Waals surface area (Å²) in [5, 5.41) is 2.33. The van der Waals surface area contributed by atoms with Gasteiger partial charge in [-0.2, -0.15) is 0 Å². The molecule has 0 N–H and O–H groups in total. The Bertz CT molecular complexity index is 699. The molecule has 2 aromatic carbocycles. The molecule has 1 aromatic heterocycles. The molecule has 3 heteroatoms. The summed E-state index contributed by atoms with van der Waals surface area (Å²) < 4.78 is 14.0. The average Bonchev–Trinajstić information content (AvgIpc) is 2.39. The topological polar surface area (TPSA) is 12.9 Å². The first-order valence-corrected chi connectivity index (χ1v) is 5.92. The van der Waals surface area contributed by atoms with Crippen molar-refractivity contribution in [1.82, 2.24) is 4.98 Å². The van der Waals surface area contributed by atoms with Crippen LogP contribution in [0, 0.1) is 5.82 Å². The summed E-state index contributed by atoms with van der Waals surface area (Å²) in [7, 11) is 0. The lowest BCUT2D eigenvalue weighted by atomic mass is 9.99. The largest absolute Gasteiger partial charge is 0.264 e. The fourth-order valence-electron chi connectivity index (χ4n) is 2.10. The Morgan fingerprint density at radius 2 is 1.83 bits per heavy atom. The van der Waals surface area contributed by atoms with Crippen LogP contribution in [0.5, 0.6) is 0 Å². The summed E-state index contributed by atoms with van der Waals surface area (Å²) >= 11 is 6.11. The fraction of sp³-hybridized carbons (Fsp3) is 0. The molecule has 1 nitrogen and oxygen atoms in total. The lowest BCUT2D eigenvalue weighted by Gasteiger charge is -2.09. The van der Waals surface area contributed by atoms with Crippen molar-refractivity contribution < 1.29 is 4.39 Å². The van der Waals surface area contributed by atoms with E-state index in [0.717, 1.165) is 16.3 Å². The second kappa shape index (κ2) is 4.39. The zero-order valence-corrected chi connectivity index (χ0v) is 10.2. The van der Waals surface area contributed by atoms with Crippen molar-refractivity contribution in [3.8, 4) is 11.1 Å². The van der Waals surface area contributed by atoms with Crippen LogP contribution in [0.1, 0.15) is 0 Å². The minimum atomic E-state index is -0.313. The van der Waals surface area contributed by atoms with Crippen LogP contribution in [0.25, 0.3) is 21.9 Å². The highest BCUT2D eigenvalue weighted by Crippen LogP contribution is 2.34. The molecule has 0 spiro atoms. The SMILES string of the molecule is Fc1cccc(Cl)c1-c1cccc2cnccc12. The summed E-state index contributed by atoms with van der Waals surface area (Å²) in [5.41, 5.74) is 1.23. The van der Waals surface area contributed by atoms with Crippen LogP contribution >= 0.6 is 11.6 Å². The average molecular weight is 258 g/mol. The van der Waals surface area contributed by atoms with Gasteiger partial charge in [-0.1, -0.05) is 35.9 Å². The summed E-state index contributed by atoms with van der Waals surface area (Å²) in [4.78, 5) is 4.07. The van der Waals surface area contributed by atoms with Gasteiger partial charge in [0, 0.05) is 23.3 Å². The number of halogens is 2. The quantitative estimate of drug-likeness (QED) is 0.616. The van der Waals surface area contributed by atoms with Gasteiger partial charge in [-0.05, 0) is 29.1 Å². The third-order valence-corrected chi connectivity index (χ3v) is 3.23. The normalized spacial score (nSPS) is 10.8. The number of hydrogen-bond donors (Lipinski definition) is 0. The number of hydrogen-bond acceptors (Lipinski definition) is 1. The second-order valence-electron chi connectivity index (χ2n) is 4.00. The van der Waals surface area contributed by atoms with E-state index in [4.69, 9.17) is 11.6 Å². The lowest BCUT2D eigenvalue weighted by Crippen LogP contribution is -1.87. The summed E-state index contributed by atoms with van der Waals surface area (Å²) in [6.07, 6.45) is 3.45. The molecule has 88 valence electrons. The van der Waals surface area contributed by atoms with E-state index in [1.54, 1.807) is 24.5 Å². The highest BCUT2D eigenvalue weighted by Gasteiger charge is 2.11. The number of benzene rings is 2. The third-order valence-electron chi connectivity index (χ3n) is 2.91. The fourth-order valence-corrected chi connectivity index (χ4v) is 2.36. The van der Waals surface area contributed by atoms with Crippen LogP contribution in [0.3, 0.4) is 0 Å². The predicted octanol–water partition coefficient (Wildman–Crippen LogP) is 4.69. The molecule has 3 aromatic rings. The van der Waals surface area contributed by atoms with Gasteiger partial charge in [-0.15, -0.1) is 0 Å². The molecule has 0 saturated carbocycles. The first kappa shape index (κ1) is 11.2. The zero-order chi connectivity index (χ0) is 12.5. The van der Waals surface area contributed by atoms with Crippen molar-refractivity contribution >= 4 is 22.4 Å². The minimum absolute atomic E-state index is 0.313. The molecule has 0 amide bonds. The Hall–Kier alpha value is -1.93. The number of rotatable bonds is 1. The summed E-state index contributed by atoms with van der Waals surface area (Å²) in [5.74, 6) is -0.313. The second-order valence-corrected chi connectivity index (χ2v) is 4.41. The van der Waals surface area contributed by atoms with Crippen molar-refractivity contribution in [1.29, 1.82) is 0 Å². The van der Waals surface area contributed by atoms with Crippen LogP contribution in [0.2, 0.25) is 5.02 Å². The van der Waals surface area contributed by atoms with E-state index in [0.29, 0.717) is 10.6 Å². The van der Waals surface area contributed by atoms with Crippen molar-refractivity contribution in [2.45, 2.75) is 0 Å². The van der Waals surface area contributed by atoms with Gasteiger partial charge >= 0.3 is 0 Å². The lowest BCUT2D eigenvalue weighted by molar-refractivity contribution is 0.631. The van der Waals surface area contributed by atoms with Crippen LogP contribution < -0.4 is 0 Å². The van der Waals surface area contributed by atoms with E-state index >= 15 is 0 Å². The molecule has 0 aliphatic rings. The maximum atomic E-state index is 14.0. The van der Waals surface area contributed by atoms with E-state index in [2.05, 4.69) is 4.98 Å². The van der Waals surface area contributed by atoms with Gasteiger partial charge in [0.2, 0.25) is 0 Å². The Morgan fingerprint density at radius 3 is 2.67 bits per heavy atom. The van der Waals surface area contributed by atoms with Crippen molar-refractivity contribution in [2.24, 2.45) is 0 Å². The summed E-state index contributed by atoms with van der Waals surface area (Å²) in [6, 6.07) is 12.3. The highest BCUT2D eigenvalue weighted by atomic mass is 35.5. The van der Waals surface area contributed by atoms with E-state index in [1.807, 2.05) is 24.3 Å². The van der Waals surface area contributed by atoms with Gasteiger partial charge in [-0.3, -0.25) is 4.98 Å². The van der Waals surface area contributed by atoms with Gasteiger partial charge in [0.05, 0.1) is 5.02 Å². The molecule has 0 saturated heterocycles. The molecule has 0 bridgehead atoms. The van der Waals surface area contributed by atoms with Crippen LogP contribution in [-0.4, -0.2) is 4.98 Å². The number of aromatic nitrogens is 1. The molecule has 0 aliphatic carbocycles. The number of nitrogens with zero attached hydrogens (tertiary/aromatic N) is 1. The molecule has 18 heavy (non-hydrogen) atoms. The molecule has 0 atom stereocenters. The highest BCUT2D eigenvalue weighted by molar-refractivity contribution is 6.33. The van der Waals surface area contributed by atoms with Crippen molar-refractivity contribution in [3.05, 3.63) is 65.7 Å². The predicted molar refractivity (Wildman–Crippen MR) is 72.1 cm³/mol. The Morgan fingerprint density at radius 1 is 1.00 bits per heavy atom. The standard InChI is InChI=1S/C15H9ClFN/c16-13-5-2-6-14(17)15(13)12-4-1-3-10-9-18-8-7-11(10)12/h1-9H. The van der Waals surface area contributed by atoms with Gasteiger partial charge < -0.3 is 0 Å². The van der Waals surface area contributed by atoms with Gasteiger partial charge in [-0.25, -0.2) is 4.39 Å². The Kier molecular flexibility index (Phi) is 2.73. The van der Waals surface area contributed by atoms with E-state index in [1.165, 1.54) is 6.07 Å². The molecule has 0 radical (unpaired) electrons. The molecule has 1 heterocycles. The molecule has 0 aliphatic heterocycles. The van der Waals surface area contributed by atoms with Crippen LogP contribution in [-0.2, 0) is 0 Å². The first-order valence-electron chi connectivity index (χ1n) is 5.54. The van der Waals surface area contributed by atoms with Crippen LogP contribution in [0.4, 0.5) is 4.39 Å². The minimum Gasteiger partial charge on any atom is -0.264 e. The van der Waals surface area contributed by atoms with Gasteiger partial charge in [0.1, 0.15) is 5.82 Å². The van der Waals surface area contributed by atoms with Crippen molar-refractivity contribution in [3.63, 3.8) is 0 Å². The Labute approximate surface area is 109 Å². The molecular formula is C15H9ClFN. The smallest absolute Gasteiger partial charge is 0.132 e. The zero-order valence-electron chi connectivity index (χ0n) is 9.40. The van der Waals surface area contributed by atoms with Crippen molar-refractivity contribution in [2.75, 3.05) is 0 Å². The van der Waals surface area contributed by atoms with Crippen LogP contribution in [0.15, 0.2) is 54.9 Å². The molecule has 0 fully saturated rings. The molecule has 3 rings (SSSR count). The summed E-state index contributed by atoms with van der Waals surface area (Å²) in [6.45, 7) is 0. The number of fused-ring (bicyclic) bond motifs is 1. The maximum absolute atomic E-state index is 14.0. The monoisotopic (exact) mass is 257 g/mol. The third kappa shape index (κ3) is 1.75. The molecular weight excluding hydrogens is 249 g/mol.